The fraction of sp³-hybridized carbons (Fsp3) is 0.448. The predicted octanol–water partition coefficient (Wildman–Crippen LogP) is 4.54. The van der Waals surface area contributed by atoms with Gasteiger partial charge in [-0.1, -0.05) is 13.3 Å². The van der Waals surface area contributed by atoms with E-state index in [9.17, 15) is 14.4 Å². The Balaban J connectivity index is 1.63. The second-order valence-electron chi connectivity index (χ2n) is 10.0. The van der Waals surface area contributed by atoms with E-state index >= 15 is 0 Å². The van der Waals surface area contributed by atoms with Crippen molar-refractivity contribution < 1.29 is 14.4 Å². The molecule has 0 bridgehead atoms. The highest BCUT2D eigenvalue weighted by Crippen LogP contribution is 2.28. The molecule has 0 radical (unpaired) electrons. The molecule has 3 amide bonds. The number of amides is 3. The normalized spacial score (nSPS) is 15.8. The number of aliphatic imine (C=N–C) groups is 1. The monoisotopic (exact) mass is 612 g/mol. The number of hydrogen-bond donors (Lipinski definition) is 1. The number of pyridine rings is 1. The van der Waals surface area contributed by atoms with Crippen LogP contribution in [0.5, 0.6) is 0 Å². The summed E-state index contributed by atoms with van der Waals surface area (Å²) in [7, 11) is 4.99. The zero-order chi connectivity index (χ0) is 30.8. The average Bonchev–Trinajstić information content (AvgIpc) is 3.32. The molecule has 0 spiro atoms. The van der Waals surface area contributed by atoms with Gasteiger partial charge in [-0.25, -0.2) is 14.8 Å². The van der Waals surface area contributed by atoms with E-state index in [1.54, 1.807) is 62.6 Å². The van der Waals surface area contributed by atoms with Gasteiger partial charge in [0, 0.05) is 59.1 Å². The van der Waals surface area contributed by atoms with Crippen LogP contribution in [0.15, 0.2) is 40.6 Å². The van der Waals surface area contributed by atoms with Crippen LogP contribution >= 0.6 is 23.1 Å². The van der Waals surface area contributed by atoms with E-state index in [0.29, 0.717) is 49.0 Å². The van der Waals surface area contributed by atoms with Crippen molar-refractivity contribution >= 4 is 59.6 Å². The molecular formula is C29H40N8O3S2. The molecule has 0 unspecified atom stereocenters. The molecule has 1 aliphatic rings. The van der Waals surface area contributed by atoms with Crippen molar-refractivity contribution in [1.29, 1.82) is 0 Å². The van der Waals surface area contributed by atoms with Crippen LogP contribution in [0.2, 0.25) is 0 Å². The lowest BCUT2D eigenvalue weighted by atomic mass is 10.0. The van der Waals surface area contributed by atoms with Crippen LogP contribution < -0.4 is 5.32 Å². The summed E-state index contributed by atoms with van der Waals surface area (Å²) in [4.78, 5) is 58.4. The van der Waals surface area contributed by atoms with E-state index < -0.39 is 0 Å². The molecule has 1 fully saturated rings. The predicted molar refractivity (Wildman–Crippen MR) is 172 cm³/mol. The number of anilines is 1. The van der Waals surface area contributed by atoms with Crippen LogP contribution in [0.1, 0.15) is 45.7 Å². The number of rotatable bonds is 12. The van der Waals surface area contributed by atoms with E-state index in [-0.39, 0.29) is 18.0 Å². The molecule has 0 saturated carbocycles. The maximum absolute atomic E-state index is 13.5. The topological polar surface area (TPSA) is 114 Å². The lowest BCUT2D eigenvalue weighted by molar-refractivity contribution is -0.104. The minimum atomic E-state index is -0.231. The van der Waals surface area contributed by atoms with E-state index in [0.717, 1.165) is 34.1 Å². The molecular weight excluding hydrogens is 573 g/mol. The zero-order valence-electron chi connectivity index (χ0n) is 25.2. The molecule has 42 heavy (non-hydrogen) atoms. The fourth-order valence-corrected chi connectivity index (χ4v) is 6.40. The first kappa shape index (κ1) is 32.8. The third-order valence-electron chi connectivity index (χ3n) is 6.77. The molecule has 1 N–H and O–H groups in total. The molecule has 2 aromatic heterocycles. The molecule has 11 nitrogen and oxygen atoms in total. The molecule has 2 aromatic rings. The first-order valence-corrected chi connectivity index (χ1v) is 15.6. The molecule has 226 valence electrons. The number of nitrogens with one attached hydrogen (secondary N) is 1. The Morgan fingerprint density at radius 2 is 2.02 bits per heavy atom. The van der Waals surface area contributed by atoms with Gasteiger partial charge in [-0.2, -0.15) is 0 Å². The standard InChI is InChI=1S/C29H40N8O3S2/c1-8-9-23-17-36(26(12-15-38)35(7)29(40)34(5)6)13-14-37(23)28(39)22-10-11-25(31-16-22)32-19-41-18-24(30-4)27-20(2)33-21(3)42-27/h10-12,15-16,18,23H,4,8-9,13-14,17,19H2,1-3,5-7H3,(H,31,32)/b24-18-,26-12+/t23-/m0/s1. The van der Waals surface area contributed by atoms with Crippen molar-refractivity contribution in [1.82, 2.24) is 29.6 Å². The first-order chi connectivity index (χ1) is 20.1. The van der Waals surface area contributed by atoms with Gasteiger partial charge in [0.05, 0.1) is 32.7 Å². The summed E-state index contributed by atoms with van der Waals surface area (Å²) < 4.78 is 0. The minimum absolute atomic E-state index is 0.0752. The van der Waals surface area contributed by atoms with Crippen molar-refractivity contribution in [2.45, 2.75) is 39.7 Å². The lowest BCUT2D eigenvalue weighted by Gasteiger charge is -2.44. The number of thioether (sulfide) groups is 1. The number of aldehydes is 1. The minimum Gasteiger partial charge on any atom is -0.361 e. The Labute approximate surface area is 256 Å². The zero-order valence-corrected chi connectivity index (χ0v) is 26.8. The van der Waals surface area contributed by atoms with Gasteiger partial charge in [0.1, 0.15) is 17.9 Å². The highest BCUT2D eigenvalue weighted by Gasteiger charge is 2.33. The number of aromatic nitrogens is 2. The summed E-state index contributed by atoms with van der Waals surface area (Å²) in [5.41, 5.74) is 2.25. The second-order valence-corrected chi connectivity index (χ2v) is 12.1. The molecule has 1 atom stereocenters. The largest absolute Gasteiger partial charge is 0.361 e. The van der Waals surface area contributed by atoms with Gasteiger partial charge >= 0.3 is 6.03 Å². The van der Waals surface area contributed by atoms with E-state index in [4.69, 9.17) is 0 Å². The third-order valence-corrected chi connectivity index (χ3v) is 8.56. The summed E-state index contributed by atoms with van der Waals surface area (Å²) in [6.07, 6.45) is 5.38. The van der Waals surface area contributed by atoms with Crippen LogP contribution in [-0.4, -0.2) is 107 Å². The van der Waals surface area contributed by atoms with Crippen molar-refractivity contribution in [3.63, 3.8) is 0 Å². The second kappa shape index (κ2) is 15.5. The van der Waals surface area contributed by atoms with Crippen LogP contribution in [0.25, 0.3) is 5.70 Å². The molecule has 1 saturated heterocycles. The number of hydrogen-bond acceptors (Lipinski definition) is 10. The summed E-state index contributed by atoms with van der Waals surface area (Å²) in [5.74, 6) is 1.67. The van der Waals surface area contributed by atoms with Crippen LogP contribution in [-0.2, 0) is 4.79 Å². The number of piperazine rings is 1. The SMILES string of the molecule is C=N/C(=C\SCNc1ccc(C(=O)N2CCN(/C(=C/C=O)N(C)C(=O)N(C)C)C[C@@H]2CCC)cn1)c1sc(C)nc1C. The Hall–Kier alpha value is -3.71. The van der Waals surface area contributed by atoms with Crippen molar-refractivity contribution in [3.05, 3.63) is 56.8 Å². The maximum atomic E-state index is 13.5. The van der Waals surface area contributed by atoms with E-state index in [1.807, 2.05) is 29.1 Å². The number of carbonyl (C=O) groups is 3. The molecule has 0 aromatic carbocycles. The van der Waals surface area contributed by atoms with Gasteiger partial charge in [0.15, 0.2) is 0 Å². The Morgan fingerprint density at radius 3 is 2.60 bits per heavy atom. The quantitative estimate of drug-likeness (QED) is 0.122. The fourth-order valence-electron chi connectivity index (χ4n) is 4.76. The highest BCUT2D eigenvalue weighted by molar-refractivity contribution is 8.02. The Kier molecular flexibility index (Phi) is 12.1. The summed E-state index contributed by atoms with van der Waals surface area (Å²) >= 11 is 3.14. The molecule has 0 aliphatic carbocycles. The number of nitrogens with zero attached hydrogens (tertiary/aromatic N) is 7. The summed E-state index contributed by atoms with van der Waals surface area (Å²) in [6, 6.07) is 3.28. The van der Waals surface area contributed by atoms with Crippen molar-refractivity contribution in [2.24, 2.45) is 4.99 Å². The number of urea groups is 1. The smallest absolute Gasteiger partial charge is 0.324 e. The van der Waals surface area contributed by atoms with Gasteiger partial charge in [-0.05, 0) is 44.5 Å². The van der Waals surface area contributed by atoms with Gasteiger partial charge in [0.25, 0.3) is 5.91 Å². The van der Waals surface area contributed by atoms with Gasteiger partial charge < -0.3 is 20.0 Å². The van der Waals surface area contributed by atoms with Gasteiger partial charge in [-0.3, -0.25) is 19.5 Å². The number of aryl methyl sites for hydroxylation is 2. The van der Waals surface area contributed by atoms with Gasteiger partial charge in [0.2, 0.25) is 0 Å². The Morgan fingerprint density at radius 1 is 1.26 bits per heavy atom. The van der Waals surface area contributed by atoms with Crippen molar-refractivity contribution in [2.75, 3.05) is 52.0 Å². The summed E-state index contributed by atoms with van der Waals surface area (Å²) in [6.45, 7) is 11.2. The Bertz CT molecular complexity index is 1320. The molecule has 13 heteroatoms. The van der Waals surface area contributed by atoms with Crippen molar-refractivity contribution in [3.8, 4) is 0 Å². The van der Waals surface area contributed by atoms with Crippen LogP contribution in [0, 0.1) is 13.8 Å². The maximum Gasteiger partial charge on any atom is 0.324 e. The van der Waals surface area contributed by atoms with E-state index in [2.05, 4.69) is 33.9 Å². The van der Waals surface area contributed by atoms with Crippen LogP contribution in [0.4, 0.5) is 10.6 Å². The van der Waals surface area contributed by atoms with Gasteiger partial charge in [-0.15, -0.1) is 23.1 Å². The lowest BCUT2D eigenvalue weighted by Crippen LogP contribution is -2.56. The number of carbonyl (C=O) groups excluding carboxylic acids is 3. The number of allylic oxidation sites excluding steroid dienone is 1. The molecule has 3 heterocycles. The molecule has 1 aliphatic heterocycles. The third kappa shape index (κ3) is 8.19. The highest BCUT2D eigenvalue weighted by atomic mass is 32.2. The molecule has 3 rings (SSSR count). The first-order valence-electron chi connectivity index (χ1n) is 13.7. The van der Waals surface area contributed by atoms with E-state index in [1.165, 1.54) is 15.9 Å². The summed E-state index contributed by atoms with van der Waals surface area (Å²) in [5, 5.41) is 6.20. The number of thiazole rings is 1. The average molecular weight is 613 g/mol. The van der Waals surface area contributed by atoms with Crippen LogP contribution in [0.3, 0.4) is 0 Å².